The van der Waals surface area contributed by atoms with Gasteiger partial charge in [-0.25, -0.2) is 0 Å². The number of nitrogens with one attached hydrogen (secondary N) is 3. The van der Waals surface area contributed by atoms with E-state index >= 15 is 0 Å². The minimum absolute atomic E-state index is 0.0454. The molecule has 0 aliphatic carbocycles. The third-order valence-corrected chi connectivity index (χ3v) is 7.63. The number of hydrogen-bond acceptors (Lipinski definition) is 7. The number of amides is 4. The van der Waals surface area contributed by atoms with Crippen LogP contribution in [0.4, 0.5) is 0 Å². The molecule has 0 aromatic rings. The van der Waals surface area contributed by atoms with Crippen LogP contribution < -0.4 is 21.7 Å². The summed E-state index contributed by atoms with van der Waals surface area (Å²) in [5, 5.41) is 26.7. The van der Waals surface area contributed by atoms with Crippen LogP contribution in [0.5, 0.6) is 0 Å². The predicted molar refractivity (Wildman–Crippen MR) is 152 cm³/mol. The van der Waals surface area contributed by atoms with Crippen LogP contribution in [0.1, 0.15) is 97.8 Å². The van der Waals surface area contributed by atoms with Gasteiger partial charge in [0.05, 0.1) is 18.4 Å². The highest BCUT2D eigenvalue weighted by molar-refractivity contribution is 8.00. The van der Waals surface area contributed by atoms with Crippen LogP contribution in [0.25, 0.3) is 0 Å². The van der Waals surface area contributed by atoms with Crippen LogP contribution in [0.2, 0.25) is 0 Å². The molecular weight excluding hydrogens is 508 g/mol. The second kappa shape index (κ2) is 22.0. The highest BCUT2D eigenvalue weighted by Gasteiger charge is 2.32. The summed E-state index contributed by atoms with van der Waals surface area (Å²) in [6.07, 6.45) is 11.4. The average Bonchev–Trinajstić information content (AvgIpc) is 2.88. The van der Waals surface area contributed by atoms with Gasteiger partial charge >= 0.3 is 0 Å². The molecule has 0 heterocycles. The lowest BCUT2D eigenvalue weighted by Crippen LogP contribution is -2.46. The maximum Gasteiger partial charge on any atom is 0.249 e. The third kappa shape index (κ3) is 18.4. The first-order chi connectivity index (χ1) is 18.0. The van der Waals surface area contributed by atoms with E-state index in [1.165, 1.54) is 56.7 Å². The number of unbranched alkanes of at least 4 members (excludes halogenated alkanes) is 9. The van der Waals surface area contributed by atoms with Crippen molar-refractivity contribution >= 4 is 35.4 Å². The van der Waals surface area contributed by atoms with Crippen molar-refractivity contribution in [2.24, 2.45) is 11.1 Å². The Morgan fingerprint density at radius 1 is 0.842 bits per heavy atom. The van der Waals surface area contributed by atoms with Crippen LogP contribution in [0.3, 0.4) is 0 Å². The maximum absolute atomic E-state index is 12.5. The Morgan fingerprint density at radius 3 is 1.97 bits per heavy atom. The Balaban J connectivity index is 4.26. The molecule has 0 aromatic heterocycles. The number of primary amides is 1. The highest BCUT2D eigenvalue weighted by atomic mass is 32.2. The van der Waals surface area contributed by atoms with Crippen molar-refractivity contribution in [1.29, 1.82) is 0 Å². The molecule has 0 saturated carbocycles. The third-order valence-electron chi connectivity index (χ3n) is 6.34. The van der Waals surface area contributed by atoms with Gasteiger partial charge in [0.1, 0.15) is 6.10 Å². The smallest absolute Gasteiger partial charge is 0.249 e. The van der Waals surface area contributed by atoms with Crippen LogP contribution >= 0.6 is 11.8 Å². The van der Waals surface area contributed by atoms with E-state index in [9.17, 15) is 29.4 Å². The number of rotatable bonds is 24. The molecule has 2 atom stereocenters. The van der Waals surface area contributed by atoms with Crippen LogP contribution in [0, 0.1) is 5.41 Å². The van der Waals surface area contributed by atoms with Crippen molar-refractivity contribution in [3.05, 3.63) is 0 Å². The predicted octanol–water partition coefficient (Wildman–Crippen LogP) is 2.00. The molecule has 7 N–H and O–H groups in total. The van der Waals surface area contributed by atoms with Gasteiger partial charge in [0.15, 0.2) is 0 Å². The zero-order chi connectivity index (χ0) is 28.8. The summed E-state index contributed by atoms with van der Waals surface area (Å²) in [6.45, 7) is 5.24. The summed E-state index contributed by atoms with van der Waals surface area (Å²) in [5.74, 6) is -1.18. The minimum atomic E-state index is -1.37. The summed E-state index contributed by atoms with van der Waals surface area (Å²) < 4.78 is 0. The number of hydrogen-bond donors (Lipinski definition) is 6. The summed E-state index contributed by atoms with van der Waals surface area (Å²) in [4.78, 5) is 47.6. The van der Waals surface area contributed by atoms with Crippen LogP contribution in [-0.4, -0.2) is 77.2 Å². The zero-order valence-corrected chi connectivity index (χ0v) is 24.5. The first-order valence-corrected chi connectivity index (χ1v) is 15.1. The van der Waals surface area contributed by atoms with Crippen LogP contribution in [-0.2, 0) is 19.2 Å². The Hall–Kier alpha value is -1.85. The molecular formula is C27H52N4O6S. The molecule has 4 amide bonds. The molecule has 10 nitrogen and oxygen atoms in total. The van der Waals surface area contributed by atoms with E-state index < -0.39 is 23.3 Å². The van der Waals surface area contributed by atoms with Gasteiger partial charge in [-0.3, -0.25) is 19.2 Å². The molecule has 222 valence electrons. The van der Waals surface area contributed by atoms with E-state index in [4.69, 9.17) is 5.73 Å². The van der Waals surface area contributed by atoms with E-state index in [1.54, 1.807) is 13.8 Å². The fourth-order valence-electron chi connectivity index (χ4n) is 3.71. The number of carbonyl (C=O) groups excluding carboxylic acids is 4. The molecule has 0 aliphatic heterocycles. The van der Waals surface area contributed by atoms with Crippen molar-refractivity contribution < 1.29 is 29.4 Å². The van der Waals surface area contributed by atoms with Gasteiger partial charge in [0.25, 0.3) is 0 Å². The molecule has 2 unspecified atom stereocenters. The molecule has 0 spiro atoms. The molecule has 38 heavy (non-hydrogen) atoms. The van der Waals surface area contributed by atoms with Gasteiger partial charge in [0.2, 0.25) is 23.6 Å². The van der Waals surface area contributed by atoms with Gasteiger partial charge in [-0.2, -0.15) is 0 Å². The van der Waals surface area contributed by atoms with Crippen molar-refractivity contribution in [2.45, 2.75) is 109 Å². The van der Waals surface area contributed by atoms with E-state index in [1.807, 2.05) is 0 Å². The lowest BCUT2D eigenvalue weighted by Gasteiger charge is -2.27. The molecule has 0 aromatic carbocycles. The summed E-state index contributed by atoms with van der Waals surface area (Å²) in [7, 11) is 0. The number of nitrogens with two attached hydrogens (primary N) is 1. The monoisotopic (exact) mass is 560 g/mol. The summed E-state index contributed by atoms with van der Waals surface area (Å²) >= 11 is 1.44. The van der Waals surface area contributed by atoms with E-state index in [2.05, 4.69) is 22.9 Å². The molecule has 0 aliphatic rings. The lowest BCUT2D eigenvalue weighted by molar-refractivity contribution is -0.137. The van der Waals surface area contributed by atoms with Gasteiger partial charge in [-0.05, 0) is 6.42 Å². The SMILES string of the molecule is CCCCCCCCCCCCC(SCCNC(=O)CCNC(=O)C(O)C(C)(C)CO)C(=O)NCC(N)=O. The topological polar surface area (TPSA) is 171 Å². The van der Waals surface area contributed by atoms with Crippen molar-refractivity contribution in [2.75, 3.05) is 32.0 Å². The minimum Gasteiger partial charge on any atom is -0.396 e. The number of aliphatic hydroxyl groups excluding tert-OH is 2. The average molecular weight is 561 g/mol. The zero-order valence-electron chi connectivity index (χ0n) is 23.7. The Bertz CT molecular complexity index is 692. The summed E-state index contributed by atoms with van der Waals surface area (Å²) in [5.41, 5.74) is 4.17. The summed E-state index contributed by atoms with van der Waals surface area (Å²) in [6, 6.07) is 0. The molecule has 0 rings (SSSR count). The van der Waals surface area contributed by atoms with Gasteiger partial charge < -0.3 is 31.9 Å². The Labute approximate surface area is 233 Å². The molecule has 0 fully saturated rings. The van der Waals surface area contributed by atoms with E-state index in [0.29, 0.717) is 18.7 Å². The van der Waals surface area contributed by atoms with Crippen molar-refractivity contribution in [3.63, 3.8) is 0 Å². The van der Waals surface area contributed by atoms with Gasteiger partial charge in [-0.15, -0.1) is 11.8 Å². The standard InChI is InChI=1S/C27H52N4O6S/c1-4-5-6-7-8-9-10-11-12-13-14-21(25(36)31-19-22(28)33)38-18-17-29-23(34)15-16-30-26(37)24(35)27(2,3)20-32/h21,24,32,35H,4-20H2,1-3H3,(H2,28,33)(H,29,34)(H,30,37)(H,31,36). The second-order valence-electron chi connectivity index (χ2n) is 10.5. The first-order valence-electron chi connectivity index (χ1n) is 14.1. The molecule has 0 saturated heterocycles. The number of carbonyl (C=O) groups is 4. The van der Waals surface area contributed by atoms with E-state index in [0.717, 1.165) is 19.3 Å². The fraction of sp³-hybridized carbons (Fsp3) is 0.852. The lowest BCUT2D eigenvalue weighted by atomic mass is 9.87. The fourth-order valence-corrected chi connectivity index (χ4v) is 4.79. The normalized spacial score (nSPS) is 13.0. The molecule has 11 heteroatoms. The Morgan fingerprint density at radius 2 is 1.42 bits per heavy atom. The molecule has 0 radical (unpaired) electrons. The largest absolute Gasteiger partial charge is 0.396 e. The van der Waals surface area contributed by atoms with Gasteiger partial charge in [-0.1, -0.05) is 85.0 Å². The van der Waals surface area contributed by atoms with Crippen molar-refractivity contribution in [1.82, 2.24) is 16.0 Å². The van der Waals surface area contributed by atoms with Crippen LogP contribution in [0.15, 0.2) is 0 Å². The number of aliphatic hydroxyl groups is 2. The second-order valence-corrected chi connectivity index (χ2v) is 11.8. The first kappa shape index (κ1) is 36.1. The maximum atomic E-state index is 12.5. The number of thioether (sulfide) groups is 1. The Kier molecular flexibility index (Phi) is 20.9. The van der Waals surface area contributed by atoms with Crippen molar-refractivity contribution in [3.8, 4) is 0 Å². The quantitative estimate of drug-likeness (QED) is 0.0980. The molecule has 0 bridgehead atoms. The van der Waals surface area contributed by atoms with E-state index in [-0.39, 0.29) is 43.2 Å². The van der Waals surface area contributed by atoms with Gasteiger partial charge in [0, 0.05) is 30.7 Å². The highest BCUT2D eigenvalue weighted by Crippen LogP contribution is 2.20.